The first-order valence-electron chi connectivity index (χ1n) is 5.20. The van der Waals surface area contributed by atoms with E-state index in [1.54, 1.807) is 6.20 Å². The van der Waals surface area contributed by atoms with E-state index in [9.17, 15) is 0 Å². The van der Waals surface area contributed by atoms with Gasteiger partial charge in [0.15, 0.2) is 5.65 Å². The van der Waals surface area contributed by atoms with Crippen LogP contribution in [0.2, 0.25) is 0 Å². The first kappa shape index (κ1) is 8.64. The minimum Gasteiger partial charge on any atom is -0.353 e. The Hall–Kier alpha value is -1.65. The highest BCUT2D eigenvalue weighted by Gasteiger charge is 2.27. The maximum atomic E-state index is 4.50. The van der Waals surface area contributed by atoms with Gasteiger partial charge in [0.1, 0.15) is 11.6 Å². The summed E-state index contributed by atoms with van der Waals surface area (Å²) in [6.45, 7) is 5.21. The van der Waals surface area contributed by atoms with Crippen LogP contribution in [0.3, 0.4) is 0 Å². The average molecular weight is 203 g/mol. The van der Waals surface area contributed by atoms with Gasteiger partial charge in [-0.2, -0.15) is 5.10 Å². The summed E-state index contributed by atoms with van der Waals surface area (Å²) in [6, 6.07) is 0.581. The Bertz CT molecular complexity index is 503. The van der Waals surface area contributed by atoms with Crippen molar-refractivity contribution in [3.05, 3.63) is 12.0 Å². The Labute approximate surface area is 87.5 Å². The molecule has 2 aromatic rings. The van der Waals surface area contributed by atoms with Gasteiger partial charge in [-0.15, -0.1) is 0 Å². The largest absolute Gasteiger partial charge is 0.353 e. The monoisotopic (exact) mass is 203 g/mol. The number of nitrogens with one attached hydrogen (secondary N) is 1. The van der Waals surface area contributed by atoms with Gasteiger partial charge in [0, 0.05) is 12.6 Å². The van der Waals surface area contributed by atoms with Crippen LogP contribution < -0.4 is 4.90 Å². The minimum absolute atomic E-state index is 0.581. The fourth-order valence-corrected chi connectivity index (χ4v) is 1.98. The van der Waals surface area contributed by atoms with Gasteiger partial charge in [-0.05, 0) is 20.3 Å². The predicted molar refractivity (Wildman–Crippen MR) is 57.8 cm³/mol. The van der Waals surface area contributed by atoms with Gasteiger partial charge in [-0.25, -0.2) is 9.97 Å². The molecule has 1 fully saturated rings. The van der Waals surface area contributed by atoms with E-state index in [1.165, 1.54) is 6.42 Å². The zero-order valence-corrected chi connectivity index (χ0v) is 8.86. The van der Waals surface area contributed by atoms with Crippen molar-refractivity contribution in [2.75, 3.05) is 11.4 Å². The van der Waals surface area contributed by atoms with Crippen LogP contribution in [-0.2, 0) is 0 Å². The number of hydrogen-bond acceptors (Lipinski definition) is 4. The van der Waals surface area contributed by atoms with Crippen molar-refractivity contribution in [2.24, 2.45) is 0 Å². The molecule has 1 aliphatic rings. The van der Waals surface area contributed by atoms with Crippen LogP contribution in [0.15, 0.2) is 6.20 Å². The van der Waals surface area contributed by atoms with Gasteiger partial charge in [0.2, 0.25) is 0 Å². The van der Waals surface area contributed by atoms with Gasteiger partial charge >= 0.3 is 0 Å². The Kier molecular flexibility index (Phi) is 1.68. The maximum Gasteiger partial charge on any atom is 0.161 e. The van der Waals surface area contributed by atoms with Gasteiger partial charge in [-0.1, -0.05) is 0 Å². The van der Waals surface area contributed by atoms with E-state index in [0.29, 0.717) is 6.04 Å². The molecule has 3 rings (SSSR count). The van der Waals surface area contributed by atoms with Crippen molar-refractivity contribution in [1.82, 2.24) is 20.2 Å². The molecular formula is C10H13N5. The highest BCUT2D eigenvalue weighted by molar-refractivity contribution is 5.86. The number of aromatic amines is 1. The van der Waals surface area contributed by atoms with Crippen LogP contribution >= 0.6 is 0 Å². The first-order valence-corrected chi connectivity index (χ1v) is 5.20. The third kappa shape index (κ3) is 1.19. The van der Waals surface area contributed by atoms with Crippen molar-refractivity contribution in [3.8, 4) is 0 Å². The first-order chi connectivity index (χ1) is 7.25. The van der Waals surface area contributed by atoms with Crippen molar-refractivity contribution in [2.45, 2.75) is 26.3 Å². The summed E-state index contributed by atoms with van der Waals surface area (Å²) >= 11 is 0. The third-order valence-electron chi connectivity index (χ3n) is 2.99. The quantitative estimate of drug-likeness (QED) is 0.758. The number of fused-ring (bicyclic) bond motifs is 1. The molecule has 5 nitrogen and oxygen atoms in total. The van der Waals surface area contributed by atoms with Gasteiger partial charge in [-0.3, -0.25) is 5.10 Å². The van der Waals surface area contributed by atoms with Gasteiger partial charge in [0.05, 0.1) is 11.6 Å². The van der Waals surface area contributed by atoms with Crippen LogP contribution in [0, 0.1) is 6.92 Å². The topological polar surface area (TPSA) is 57.7 Å². The van der Waals surface area contributed by atoms with Crippen LogP contribution in [-0.4, -0.2) is 32.8 Å². The van der Waals surface area contributed by atoms with E-state index in [2.05, 4.69) is 32.0 Å². The Morgan fingerprint density at radius 1 is 1.47 bits per heavy atom. The lowest BCUT2D eigenvalue weighted by Crippen LogP contribution is -2.46. The summed E-state index contributed by atoms with van der Waals surface area (Å²) in [5.74, 6) is 1.81. The molecule has 1 N–H and O–H groups in total. The second-order valence-electron chi connectivity index (χ2n) is 4.06. The number of aromatic nitrogens is 4. The maximum absolute atomic E-state index is 4.50. The minimum atomic E-state index is 0.581. The number of H-pyrrole nitrogens is 1. The average Bonchev–Trinajstić information content (AvgIpc) is 2.63. The smallest absolute Gasteiger partial charge is 0.161 e. The molecule has 0 aliphatic carbocycles. The molecule has 2 aromatic heterocycles. The summed E-state index contributed by atoms with van der Waals surface area (Å²) in [6.07, 6.45) is 3.04. The Morgan fingerprint density at radius 2 is 2.33 bits per heavy atom. The van der Waals surface area contributed by atoms with Crippen LogP contribution in [0.25, 0.3) is 11.0 Å². The van der Waals surface area contributed by atoms with Crippen molar-refractivity contribution in [3.63, 3.8) is 0 Å². The summed E-state index contributed by atoms with van der Waals surface area (Å²) in [7, 11) is 0. The van der Waals surface area contributed by atoms with Gasteiger partial charge in [0.25, 0.3) is 0 Å². The number of nitrogens with zero attached hydrogens (tertiary/aromatic N) is 4. The molecule has 78 valence electrons. The lowest BCUT2D eigenvalue weighted by Gasteiger charge is -2.39. The van der Waals surface area contributed by atoms with E-state index in [0.717, 1.165) is 29.2 Å². The summed E-state index contributed by atoms with van der Waals surface area (Å²) in [4.78, 5) is 11.1. The van der Waals surface area contributed by atoms with Gasteiger partial charge < -0.3 is 4.90 Å². The molecule has 5 heteroatoms. The molecule has 0 amide bonds. The lowest BCUT2D eigenvalue weighted by atomic mass is 10.1. The highest BCUT2D eigenvalue weighted by atomic mass is 15.3. The summed E-state index contributed by atoms with van der Waals surface area (Å²) < 4.78 is 0. The number of hydrogen-bond donors (Lipinski definition) is 1. The molecule has 1 unspecified atom stereocenters. The lowest BCUT2D eigenvalue weighted by molar-refractivity contribution is 0.477. The van der Waals surface area contributed by atoms with Crippen LogP contribution in [0.1, 0.15) is 19.2 Å². The van der Waals surface area contributed by atoms with Crippen LogP contribution in [0.4, 0.5) is 5.82 Å². The molecule has 1 atom stereocenters. The molecule has 0 saturated carbocycles. The Morgan fingerprint density at radius 3 is 3.00 bits per heavy atom. The molecule has 1 aliphatic heterocycles. The normalized spacial score (nSPS) is 20.7. The van der Waals surface area contributed by atoms with Crippen molar-refractivity contribution < 1.29 is 0 Å². The fraction of sp³-hybridized carbons (Fsp3) is 0.500. The van der Waals surface area contributed by atoms with E-state index in [1.807, 2.05) is 6.92 Å². The summed E-state index contributed by atoms with van der Waals surface area (Å²) in [5.41, 5.74) is 0.830. The molecular weight excluding hydrogens is 190 g/mol. The molecule has 0 radical (unpaired) electrons. The molecule has 0 spiro atoms. The number of aryl methyl sites for hydroxylation is 1. The Balaban J connectivity index is 2.19. The SMILES string of the molecule is Cc1nc(N2CCC2C)c2cn[nH]c2n1. The standard InChI is InChI=1S/C10H13N5/c1-6-3-4-15(6)10-8-5-11-14-9(8)12-7(2)13-10/h5-6H,3-4H2,1-2H3,(H,11,12,13,14). The second-order valence-corrected chi connectivity index (χ2v) is 4.06. The van der Waals surface area contributed by atoms with Crippen molar-refractivity contribution >= 4 is 16.9 Å². The molecule has 15 heavy (non-hydrogen) atoms. The highest BCUT2D eigenvalue weighted by Crippen LogP contribution is 2.29. The number of anilines is 1. The van der Waals surface area contributed by atoms with E-state index in [4.69, 9.17) is 0 Å². The van der Waals surface area contributed by atoms with Crippen molar-refractivity contribution in [1.29, 1.82) is 0 Å². The fourth-order valence-electron chi connectivity index (χ4n) is 1.98. The predicted octanol–water partition coefficient (Wildman–Crippen LogP) is 1.26. The van der Waals surface area contributed by atoms with E-state index < -0.39 is 0 Å². The third-order valence-corrected chi connectivity index (χ3v) is 2.99. The molecule has 1 saturated heterocycles. The number of rotatable bonds is 1. The molecule has 3 heterocycles. The second kappa shape index (κ2) is 2.92. The summed E-state index contributed by atoms with van der Waals surface area (Å²) in [5, 5.41) is 7.93. The zero-order chi connectivity index (χ0) is 10.4. The van der Waals surface area contributed by atoms with E-state index in [-0.39, 0.29) is 0 Å². The molecule has 0 aromatic carbocycles. The molecule has 0 bridgehead atoms. The zero-order valence-electron chi connectivity index (χ0n) is 8.86. The van der Waals surface area contributed by atoms with Crippen LogP contribution in [0.5, 0.6) is 0 Å². The van der Waals surface area contributed by atoms with E-state index >= 15 is 0 Å².